The van der Waals surface area contributed by atoms with Crippen LogP contribution in [0.5, 0.6) is 0 Å². The predicted molar refractivity (Wildman–Crippen MR) is 99.1 cm³/mol. The Kier molecular flexibility index (Phi) is 7.33. The Labute approximate surface area is 149 Å². The first-order valence-corrected chi connectivity index (χ1v) is 10.0. The monoisotopic (exact) mass is 365 g/mol. The van der Waals surface area contributed by atoms with E-state index in [1.807, 2.05) is 37.3 Å². The molecule has 1 atom stereocenters. The van der Waals surface area contributed by atoms with Gasteiger partial charge in [-0.25, -0.2) is 14.0 Å². The number of hydrogen-bond donors (Lipinski definition) is 1. The molecular formula is C19H25FNO3P. The third kappa shape index (κ3) is 5.75. The number of halogens is 1. The van der Waals surface area contributed by atoms with Crippen molar-refractivity contribution >= 4 is 7.75 Å². The second-order valence-electron chi connectivity index (χ2n) is 5.73. The van der Waals surface area contributed by atoms with E-state index < -0.39 is 7.75 Å². The van der Waals surface area contributed by atoms with Crippen molar-refractivity contribution in [1.29, 1.82) is 0 Å². The normalized spacial score (nSPS) is 13.0. The number of hydrogen-bond acceptors (Lipinski definition) is 3. The van der Waals surface area contributed by atoms with Gasteiger partial charge in [0.15, 0.2) is 0 Å². The quantitative estimate of drug-likeness (QED) is 0.607. The van der Waals surface area contributed by atoms with Crippen molar-refractivity contribution in [3.05, 3.63) is 59.9 Å². The van der Waals surface area contributed by atoms with E-state index in [2.05, 4.69) is 5.09 Å². The topological polar surface area (TPSA) is 47.6 Å². The van der Waals surface area contributed by atoms with Crippen LogP contribution in [0.3, 0.4) is 0 Å². The van der Waals surface area contributed by atoms with Crippen LogP contribution in [0.4, 0.5) is 4.39 Å². The molecule has 2 aromatic carbocycles. The molecule has 0 saturated carbocycles. The van der Waals surface area contributed by atoms with Crippen LogP contribution in [-0.2, 0) is 13.6 Å². The van der Waals surface area contributed by atoms with E-state index in [4.69, 9.17) is 9.05 Å². The van der Waals surface area contributed by atoms with Crippen LogP contribution in [-0.4, -0.2) is 19.8 Å². The number of rotatable bonds is 9. The van der Waals surface area contributed by atoms with Gasteiger partial charge in [0.25, 0.3) is 0 Å². The molecule has 4 nitrogen and oxygen atoms in total. The lowest BCUT2D eigenvalue weighted by atomic mass is 9.98. The smallest absolute Gasteiger partial charge is 0.297 e. The van der Waals surface area contributed by atoms with Gasteiger partial charge < -0.3 is 0 Å². The molecule has 2 rings (SSSR count). The Hall–Kier alpha value is -1.52. The average Bonchev–Trinajstić information content (AvgIpc) is 2.60. The molecule has 0 amide bonds. The maximum absolute atomic E-state index is 13.3. The Morgan fingerprint density at radius 2 is 1.68 bits per heavy atom. The van der Waals surface area contributed by atoms with Crippen molar-refractivity contribution in [2.45, 2.75) is 26.7 Å². The zero-order chi connectivity index (χ0) is 18.3. The summed E-state index contributed by atoms with van der Waals surface area (Å²) in [6.45, 7) is 6.70. The molecule has 25 heavy (non-hydrogen) atoms. The van der Waals surface area contributed by atoms with Crippen LogP contribution in [0.15, 0.2) is 48.5 Å². The van der Waals surface area contributed by atoms with Crippen molar-refractivity contribution in [3.8, 4) is 11.1 Å². The van der Waals surface area contributed by atoms with Crippen molar-refractivity contribution in [3.63, 3.8) is 0 Å². The van der Waals surface area contributed by atoms with Gasteiger partial charge >= 0.3 is 7.75 Å². The molecule has 6 heteroatoms. The van der Waals surface area contributed by atoms with Crippen LogP contribution in [0.2, 0.25) is 0 Å². The zero-order valence-corrected chi connectivity index (χ0v) is 15.8. The third-order valence-electron chi connectivity index (χ3n) is 3.83. The minimum Gasteiger partial charge on any atom is -0.297 e. The molecule has 0 aromatic heterocycles. The Balaban J connectivity index is 2.02. The molecule has 1 N–H and O–H groups in total. The molecule has 0 heterocycles. The lowest BCUT2D eigenvalue weighted by Crippen LogP contribution is -2.20. The molecule has 136 valence electrons. The van der Waals surface area contributed by atoms with E-state index in [-0.39, 0.29) is 11.7 Å². The van der Waals surface area contributed by atoms with Crippen molar-refractivity contribution < 1.29 is 18.0 Å². The summed E-state index contributed by atoms with van der Waals surface area (Å²) in [5.41, 5.74) is 2.89. The Morgan fingerprint density at radius 1 is 1.04 bits per heavy atom. The molecule has 0 radical (unpaired) electrons. The molecular weight excluding hydrogens is 340 g/mol. The SMILES string of the molecule is CCOP(=O)(NCC(C)c1ccc(-c2cccc(F)c2)cc1)OCC. The second kappa shape index (κ2) is 9.25. The lowest BCUT2D eigenvalue weighted by molar-refractivity contribution is 0.210. The van der Waals surface area contributed by atoms with Crippen LogP contribution in [0, 0.1) is 5.82 Å². The highest BCUT2D eigenvalue weighted by Gasteiger charge is 2.23. The van der Waals surface area contributed by atoms with E-state index in [0.29, 0.717) is 19.8 Å². The van der Waals surface area contributed by atoms with Gasteiger partial charge in [0, 0.05) is 6.54 Å². The van der Waals surface area contributed by atoms with Crippen LogP contribution in [0.25, 0.3) is 11.1 Å². The average molecular weight is 365 g/mol. The van der Waals surface area contributed by atoms with Gasteiger partial charge in [0.1, 0.15) is 5.82 Å². The first-order chi connectivity index (χ1) is 12.0. The zero-order valence-electron chi connectivity index (χ0n) is 14.9. The van der Waals surface area contributed by atoms with Gasteiger partial charge in [-0.15, -0.1) is 0 Å². The van der Waals surface area contributed by atoms with Crippen molar-refractivity contribution in [2.75, 3.05) is 19.8 Å². The fraction of sp³-hybridized carbons (Fsp3) is 0.368. The molecule has 0 aliphatic rings. The molecule has 1 unspecified atom stereocenters. The highest BCUT2D eigenvalue weighted by atomic mass is 31.2. The van der Waals surface area contributed by atoms with Gasteiger partial charge in [-0.2, -0.15) is 0 Å². The molecule has 0 bridgehead atoms. The van der Waals surface area contributed by atoms with E-state index in [9.17, 15) is 8.96 Å². The van der Waals surface area contributed by atoms with E-state index in [0.717, 1.165) is 16.7 Å². The summed E-state index contributed by atoms with van der Waals surface area (Å²) in [4.78, 5) is 0. The Bertz CT molecular complexity index is 711. The number of nitrogens with one attached hydrogen (secondary N) is 1. The van der Waals surface area contributed by atoms with Crippen LogP contribution >= 0.6 is 7.75 Å². The fourth-order valence-corrected chi connectivity index (χ4v) is 3.94. The number of benzene rings is 2. The van der Waals surface area contributed by atoms with Gasteiger partial charge in [-0.3, -0.25) is 9.05 Å². The summed E-state index contributed by atoms with van der Waals surface area (Å²) in [5, 5.41) is 2.91. The van der Waals surface area contributed by atoms with E-state index >= 15 is 0 Å². The van der Waals surface area contributed by atoms with E-state index in [1.54, 1.807) is 19.9 Å². The highest BCUT2D eigenvalue weighted by Crippen LogP contribution is 2.43. The van der Waals surface area contributed by atoms with Crippen molar-refractivity contribution in [2.24, 2.45) is 0 Å². The van der Waals surface area contributed by atoms with E-state index in [1.165, 1.54) is 12.1 Å². The predicted octanol–water partition coefficient (Wildman–Crippen LogP) is 5.37. The summed E-state index contributed by atoms with van der Waals surface area (Å²) < 4.78 is 36.2. The van der Waals surface area contributed by atoms with Gasteiger partial charge in [-0.1, -0.05) is 43.3 Å². The summed E-state index contributed by atoms with van der Waals surface area (Å²) in [6, 6.07) is 14.4. The fourth-order valence-electron chi connectivity index (χ4n) is 2.51. The summed E-state index contributed by atoms with van der Waals surface area (Å²) in [5.74, 6) is -0.127. The van der Waals surface area contributed by atoms with Crippen LogP contribution < -0.4 is 5.09 Å². The van der Waals surface area contributed by atoms with Gasteiger partial charge in [0.2, 0.25) is 0 Å². The molecule has 0 saturated heterocycles. The van der Waals surface area contributed by atoms with Crippen molar-refractivity contribution in [1.82, 2.24) is 5.09 Å². The molecule has 2 aromatic rings. The highest BCUT2D eigenvalue weighted by molar-refractivity contribution is 7.51. The molecule has 0 aliphatic carbocycles. The van der Waals surface area contributed by atoms with Gasteiger partial charge in [-0.05, 0) is 48.6 Å². The van der Waals surface area contributed by atoms with Crippen LogP contribution in [0.1, 0.15) is 32.3 Å². The largest absolute Gasteiger partial charge is 0.405 e. The first kappa shape index (κ1) is 19.8. The summed E-state index contributed by atoms with van der Waals surface area (Å²) in [7, 11) is -3.25. The summed E-state index contributed by atoms with van der Waals surface area (Å²) in [6.07, 6.45) is 0. The molecule has 0 spiro atoms. The third-order valence-corrected chi connectivity index (χ3v) is 5.59. The Morgan fingerprint density at radius 3 is 2.24 bits per heavy atom. The maximum atomic E-state index is 13.3. The molecule has 0 aliphatic heterocycles. The minimum absolute atomic E-state index is 0.121. The molecule has 0 fully saturated rings. The standard InChI is InChI=1S/C19H25FNO3P/c1-4-23-25(22,24-5-2)21-14-15(3)16-9-11-17(12-10-16)18-7-6-8-19(20)13-18/h6-13,15H,4-5,14H2,1-3H3,(H,21,22). The minimum atomic E-state index is -3.25. The first-order valence-electron chi connectivity index (χ1n) is 8.47. The second-order valence-corrected chi connectivity index (χ2v) is 7.56. The van der Waals surface area contributed by atoms with Gasteiger partial charge in [0.05, 0.1) is 13.2 Å². The lowest BCUT2D eigenvalue weighted by Gasteiger charge is -2.20. The summed E-state index contributed by atoms with van der Waals surface area (Å²) >= 11 is 0. The maximum Gasteiger partial charge on any atom is 0.405 e.